The molecule has 0 bridgehead atoms. The van der Waals surface area contributed by atoms with Gasteiger partial charge in [-0.15, -0.1) is 0 Å². The molecule has 39 nitrogen and oxygen atoms in total. The smallest absolute Gasteiger partial charge is 0.327 e. The average Bonchev–Trinajstić information content (AvgIpc) is 1.52. The van der Waals surface area contributed by atoms with E-state index in [1.807, 2.05) is 0 Å². The van der Waals surface area contributed by atoms with Gasteiger partial charge in [0.1, 0.15) is 72.5 Å². The molecule has 1 aromatic carbocycles. The first-order valence-electron chi connectivity index (χ1n) is 31.3. The number of amides is 13. The predicted octanol–water partition coefficient (Wildman–Crippen LogP) is -10.3. The van der Waals surface area contributed by atoms with Crippen LogP contribution in [-0.2, 0) is 78.3 Å². The summed E-state index contributed by atoms with van der Waals surface area (Å²) in [6.07, 6.45) is -3.79. The first-order valence-corrected chi connectivity index (χ1v) is 31.9. The molecule has 1 fully saturated rings. The fraction of sp³-hybridized carbons (Fsp3) is 0.621. The number of thiol groups is 1. The highest BCUT2D eigenvalue weighted by Gasteiger charge is 2.41. The Balaban J connectivity index is 2.41. The third-order valence-corrected chi connectivity index (χ3v) is 15.3. The number of carboxylic acids is 2. The van der Waals surface area contributed by atoms with E-state index in [0.717, 1.165) is 11.8 Å². The van der Waals surface area contributed by atoms with E-state index in [1.54, 1.807) is 30.3 Å². The van der Waals surface area contributed by atoms with E-state index < -0.39 is 225 Å². The fourth-order valence-electron chi connectivity index (χ4n) is 9.59. The van der Waals surface area contributed by atoms with Crippen molar-refractivity contribution >= 4 is 107 Å². The van der Waals surface area contributed by atoms with Crippen LogP contribution in [0.15, 0.2) is 30.3 Å². The van der Waals surface area contributed by atoms with E-state index >= 15 is 0 Å². The van der Waals surface area contributed by atoms with Gasteiger partial charge in [0.25, 0.3) is 0 Å². The van der Waals surface area contributed by atoms with Gasteiger partial charge in [-0.3, -0.25) is 72.5 Å². The number of unbranched alkanes of at least 4 members (excludes halogenated alkanes) is 1. The Hall–Kier alpha value is -9.35. The molecule has 0 aromatic heterocycles. The topological polar surface area (TPSA) is 653 Å². The highest BCUT2D eigenvalue weighted by molar-refractivity contribution is 7.80. The number of nitrogens with two attached hydrogens (primary N) is 4. The van der Waals surface area contributed by atoms with Crippen molar-refractivity contribution in [2.24, 2.45) is 28.9 Å². The van der Waals surface area contributed by atoms with E-state index in [-0.39, 0.29) is 63.9 Å². The molecular weight excluding hydrogens is 1320 g/mol. The molecule has 0 saturated carbocycles. The number of benzene rings is 1. The number of carbonyl (C=O) groups is 15. The van der Waals surface area contributed by atoms with Crippen molar-refractivity contribution in [3.8, 4) is 0 Å². The molecule has 1 heterocycles. The summed E-state index contributed by atoms with van der Waals surface area (Å²) in [5.41, 5.74) is 22.5. The maximum Gasteiger partial charge on any atom is 0.327 e. The van der Waals surface area contributed by atoms with Crippen LogP contribution in [0.2, 0.25) is 0 Å². The van der Waals surface area contributed by atoms with E-state index in [1.165, 1.54) is 13.8 Å². The summed E-state index contributed by atoms with van der Waals surface area (Å²) in [5, 5.41) is 94.7. The number of primary amides is 1. The lowest BCUT2D eigenvalue weighted by molar-refractivity contribution is -0.143. The Morgan fingerprint density at radius 1 is 0.592 bits per heavy atom. The van der Waals surface area contributed by atoms with E-state index in [2.05, 4.69) is 76.4 Å². The summed E-state index contributed by atoms with van der Waals surface area (Å²) >= 11 is 3.86. The molecule has 548 valence electrons. The number of likely N-dealkylation sites (tertiary alicyclic amines) is 1. The third kappa shape index (κ3) is 29.6. The Morgan fingerprint density at radius 2 is 1.11 bits per heavy atom. The second-order valence-electron chi connectivity index (χ2n) is 23.1. The van der Waals surface area contributed by atoms with Gasteiger partial charge in [0, 0.05) is 31.7 Å². The summed E-state index contributed by atoms with van der Waals surface area (Å²) in [5.74, 6) is -18.3. The summed E-state index contributed by atoms with van der Waals surface area (Å²) in [6.45, 7) is 0.568. The van der Waals surface area contributed by atoms with Crippen molar-refractivity contribution in [1.29, 1.82) is 5.41 Å². The molecule has 0 unspecified atom stereocenters. The van der Waals surface area contributed by atoms with Crippen molar-refractivity contribution in [3.05, 3.63) is 35.9 Å². The summed E-state index contributed by atoms with van der Waals surface area (Å²) in [7, 11) is 0. The highest BCUT2D eigenvalue weighted by Crippen LogP contribution is 2.20. The first kappa shape index (κ1) is 84.7. The van der Waals surface area contributed by atoms with Crippen LogP contribution in [0.3, 0.4) is 0 Å². The lowest BCUT2D eigenvalue weighted by Crippen LogP contribution is -2.63. The lowest BCUT2D eigenvalue weighted by atomic mass is 10.0. The highest BCUT2D eigenvalue weighted by atomic mass is 32.1. The number of hydrogen-bond acceptors (Lipinski definition) is 23. The minimum Gasteiger partial charge on any atom is -0.481 e. The Labute approximate surface area is 568 Å². The fourth-order valence-corrected chi connectivity index (χ4v) is 9.83. The van der Waals surface area contributed by atoms with Crippen LogP contribution in [0, 0.1) is 11.3 Å². The second kappa shape index (κ2) is 43.7. The van der Waals surface area contributed by atoms with Crippen LogP contribution < -0.4 is 86.7 Å². The van der Waals surface area contributed by atoms with Crippen LogP contribution in [0.1, 0.15) is 90.5 Å². The number of nitrogens with one attached hydrogen (secondary N) is 13. The average molecular weight is 1410 g/mol. The number of aliphatic hydroxyl groups is 4. The number of hydrogen-bond donors (Lipinski definition) is 24. The maximum absolute atomic E-state index is 14.4. The lowest BCUT2D eigenvalue weighted by Gasteiger charge is -2.31. The molecule has 1 saturated heterocycles. The summed E-state index contributed by atoms with van der Waals surface area (Å²) in [4.78, 5) is 201. The molecule has 1 aliphatic heterocycles. The molecule has 27 N–H and O–H groups in total. The number of rotatable bonds is 45. The number of aliphatic hydroxyl groups excluding tert-OH is 4. The van der Waals surface area contributed by atoms with Crippen molar-refractivity contribution in [1.82, 2.24) is 68.7 Å². The van der Waals surface area contributed by atoms with Gasteiger partial charge >= 0.3 is 11.9 Å². The summed E-state index contributed by atoms with van der Waals surface area (Å²) in [6, 6.07) is -11.5. The molecule has 13 atom stereocenters. The van der Waals surface area contributed by atoms with Crippen LogP contribution in [0.25, 0.3) is 0 Å². The van der Waals surface area contributed by atoms with Gasteiger partial charge in [-0.05, 0) is 76.3 Å². The number of aliphatic carboxylic acids is 2. The van der Waals surface area contributed by atoms with E-state index in [0.29, 0.717) is 18.4 Å². The van der Waals surface area contributed by atoms with Crippen molar-refractivity contribution < 1.29 is 103 Å². The Bertz CT molecular complexity index is 2930. The van der Waals surface area contributed by atoms with Crippen LogP contribution in [-0.4, -0.2) is 261 Å². The normalized spacial score (nSPS) is 16.3. The third-order valence-electron chi connectivity index (χ3n) is 15.0. The molecule has 2 rings (SSSR count). The number of carboxylic acid groups (broad SMARTS) is 2. The number of carbonyl (C=O) groups excluding carboxylic acids is 13. The SMILES string of the molecule is CC(C)[C@H](NC(=O)[C@@H]1CCCN1C(=O)[C@H](CO)NC(=O)[C@@H](N)CO)C(=O)N[C@H](C(=O)N[C@@H](CCCCN)C(=O)N[C@@H](CO)C(=O)N[C@@H](Cc1ccccc1)C(=O)N[C@@H](CC(N)=O)C(=O)N[C@@H](CCCNC(=N)N)C(=O)NCC(=O)N[C@@H](CCC(=O)O)C(=O)N[C@@H](CS)C(=O)O)[C@@H](C)O. The zero-order valence-electron chi connectivity index (χ0n) is 54.4. The monoisotopic (exact) mass is 1410 g/mol. The van der Waals surface area contributed by atoms with Gasteiger partial charge in [-0.2, -0.15) is 12.6 Å². The van der Waals surface area contributed by atoms with Crippen molar-refractivity contribution in [2.45, 2.75) is 170 Å². The second-order valence-corrected chi connectivity index (χ2v) is 23.5. The Morgan fingerprint density at radius 3 is 1.66 bits per heavy atom. The number of guanidine groups is 1. The first-order chi connectivity index (χ1) is 46.2. The van der Waals surface area contributed by atoms with Gasteiger partial charge in [0.2, 0.25) is 76.8 Å². The molecule has 1 aromatic rings. The predicted molar refractivity (Wildman–Crippen MR) is 347 cm³/mol. The standard InChI is InChI=1S/C58H94N18O21S/c1-28(2)44(74-53(92)40-15-10-20-76(40)56(95)38(26-79)72-46(85)31(60)24-77)54(93)75-45(29(3)80)55(94)68-33(13-7-8-18-59)48(87)71-37(25-78)52(91)69-35(21-30-11-5-4-6-12-30)50(89)70-36(22-41(61)81)51(90)67-32(14-9-19-64-58(62)63)47(86)65-23-42(82)66-34(16-17-43(83)84)49(88)73-39(27-98)57(96)97/h4-6,11-12,28-29,31-40,44-45,77-80,98H,7-10,13-27,59-60H2,1-3H3,(H2,61,81)(H,65,86)(H,66,82)(H,67,90)(H,68,94)(H,69,91)(H,70,89)(H,71,87)(H,72,85)(H,73,88)(H,74,92)(H,75,93)(H,83,84)(H,96,97)(H4,62,63,64)/t29-,31+,32+,33+,34+,35+,36+,37+,38+,39+,40+,44+,45+/m1/s1. The largest absolute Gasteiger partial charge is 0.481 e. The molecule has 98 heavy (non-hydrogen) atoms. The molecule has 0 aliphatic carbocycles. The van der Waals surface area contributed by atoms with Gasteiger partial charge < -0.3 is 122 Å². The minimum absolute atomic E-state index is 0.0137. The maximum atomic E-state index is 14.4. The Kier molecular flexibility index (Phi) is 37.8. The number of nitrogens with zero attached hydrogens (tertiary/aromatic N) is 1. The van der Waals surface area contributed by atoms with Gasteiger partial charge in [0.15, 0.2) is 5.96 Å². The van der Waals surface area contributed by atoms with Crippen LogP contribution in [0.4, 0.5) is 0 Å². The quantitative estimate of drug-likeness (QED) is 0.0125. The molecule has 40 heteroatoms. The minimum atomic E-state index is -1.92. The molecule has 0 spiro atoms. The van der Waals surface area contributed by atoms with Crippen molar-refractivity contribution in [3.63, 3.8) is 0 Å². The molecule has 13 amide bonds. The molecule has 0 radical (unpaired) electrons. The van der Waals surface area contributed by atoms with E-state index in [9.17, 15) is 103 Å². The molecule has 1 aliphatic rings. The summed E-state index contributed by atoms with van der Waals surface area (Å²) < 4.78 is 0. The van der Waals surface area contributed by atoms with E-state index in [4.69, 9.17) is 28.3 Å². The van der Waals surface area contributed by atoms with Crippen molar-refractivity contribution in [2.75, 3.05) is 51.8 Å². The van der Waals surface area contributed by atoms with Gasteiger partial charge in [-0.1, -0.05) is 44.2 Å². The van der Waals surface area contributed by atoms with Crippen LogP contribution in [0.5, 0.6) is 0 Å². The zero-order valence-corrected chi connectivity index (χ0v) is 55.3. The zero-order chi connectivity index (χ0) is 73.9. The van der Waals surface area contributed by atoms with Crippen LogP contribution >= 0.6 is 12.6 Å². The molecular formula is C58H94N18O21S. The van der Waals surface area contributed by atoms with Gasteiger partial charge in [0.05, 0.1) is 38.9 Å². The van der Waals surface area contributed by atoms with Gasteiger partial charge in [-0.25, -0.2) is 4.79 Å².